The first-order chi connectivity index (χ1) is 21.7. The first kappa shape index (κ1) is 42.2. The van der Waals surface area contributed by atoms with Crippen LogP contribution in [0.5, 0.6) is 5.75 Å². The molecule has 2 N–H and O–H groups in total. The summed E-state index contributed by atoms with van der Waals surface area (Å²) in [6.07, 6.45) is 3.91. The summed E-state index contributed by atoms with van der Waals surface area (Å²) in [5, 5.41) is 12.3. The molecule has 1 aliphatic carbocycles. The lowest BCUT2D eigenvalue weighted by Crippen LogP contribution is -2.48. The Balaban J connectivity index is 0.000000798. The number of aromatic hydroxyl groups is 1. The molecule has 1 aromatic carbocycles. The molecule has 1 heterocycles. The van der Waals surface area contributed by atoms with Gasteiger partial charge in [-0.2, -0.15) is 0 Å². The van der Waals surface area contributed by atoms with Crippen molar-refractivity contribution in [2.45, 2.75) is 87.4 Å². The van der Waals surface area contributed by atoms with Crippen LogP contribution in [0.1, 0.15) is 82.9 Å². The molecule has 3 rings (SSSR count). The fourth-order valence-corrected chi connectivity index (χ4v) is 4.32. The van der Waals surface area contributed by atoms with Crippen LogP contribution in [0.15, 0.2) is 29.3 Å². The number of amides is 3. The van der Waals surface area contributed by atoms with Crippen molar-refractivity contribution in [2.24, 2.45) is 11.8 Å². The van der Waals surface area contributed by atoms with Crippen LogP contribution in [-0.4, -0.2) is 94.4 Å². The van der Waals surface area contributed by atoms with Crippen LogP contribution < -0.4 is 10.9 Å². The Morgan fingerprint density at radius 2 is 1.65 bits per heavy atom. The summed E-state index contributed by atoms with van der Waals surface area (Å²) >= 11 is 0. The molecule has 46 heavy (non-hydrogen) atoms. The highest BCUT2D eigenvalue weighted by Crippen LogP contribution is 2.29. The van der Waals surface area contributed by atoms with E-state index in [-0.39, 0.29) is 24.1 Å². The highest BCUT2D eigenvalue weighted by Gasteiger charge is 2.29. The van der Waals surface area contributed by atoms with Gasteiger partial charge in [0.05, 0.1) is 6.33 Å². The van der Waals surface area contributed by atoms with E-state index in [9.17, 15) is 28.7 Å². The molecule has 1 aromatic heterocycles. The summed E-state index contributed by atoms with van der Waals surface area (Å²) in [6, 6.07) is 4.52. The van der Waals surface area contributed by atoms with Crippen LogP contribution in [0.3, 0.4) is 0 Å². The summed E-state index contributed by atoms with van der Waals surface area (Å²) in [5.74, 6) is -1.36. The number of aryl methyl sites for hydroxylation is 2. The number of likely N-dealkylation sites (N-methyl/N-ethyl adjacent to an activating group) is 2. The predicted octanol–water partition coefficient (Wildman–Crippen LogP) is 4.30. The normalized spacial score (nSPS) is 13.0. The third-order valence-corrected chi connectivity index (χ3v) is 7.46. The molecule has 1 fully saturated rings. The molecule has 1 saturated carbocycles. The van der Waals surface area contributed by atoms with Crippen LogP contribution >= 0.6 is 0 Å². The van der Waals surface area contributed by atoms with Gasteiger partial charge < -0.3 is 25.1 Å². The van der Waals surface area contributed by atoms with E-state index in [1.54, 1.807) is 52.0 Å². The molecule has 0 aliphatic heterocycles. The molecule has 11 nitrogen and oxygen atoms in total. The SMILES string of the molecule is CC.CC.CC(CN(C)CC1CC1)C(C)N(C)C(=O)C(=O)N(C)C.CCn1cnc(C(=O)NCc2ccc(F)c(C)c2)c(O)c1=O. The van der Waals surface area contributed by atoms with E-state index in [4.69, 9.17) is 0 Å². The van der Waals surface area contributed by atoms with Gasteiger partial charge in [-0.15, -0.1) is 0 Å². The highest BCUT2D eigenvalue weighted by atomic mass is 19.1. The molecule has 0 spiro atoms. The van der Waals surface area contributed by atoms with Crippen LogP contribution in [-0.2, 0) is 22.7 Å². The second-order valence-corrected chi connectivity index (χ2v) is 11.3. The lowest BCUT2D eigenvalue weighted by atomic mass is 10.0. The van der Waals surface area contributed by atoms with Gasteiger partial charge in [-0.25, -0.2) is 9.37 Å². The molecule has 260 valence electrons. The number of carbonyl (C=O) groups excluding carboxylic acids is 3. The molecule has 2 unspecified atom stereocenters. The van der Waals surface area contributed by atoms with E-state index in [0.29, 0.717) is 23.6 Å². The van der Waals surface area contributed by atoms with Gasteiger partial charge in [0.15, 0.2) is 5.69 Å². The minimum absolute atomic E-state index is 0.0491. The van der Waals surface area contributed by atoms with E-state index in [2.05, 4.69) is 29.2 Å². The number of nitrogens with zero attached hydrogens (tertiary/aromatic N) is 5. The standard InChI is InChI=1S/C15H16FN3O3.C15H29N3O2.2C2H6/c1-3-19-8-18-12(13(20)15(19)22)14(21)17-7-10-4-5-11(16)9(2)6-10;1-11(9-17(5)10-13-7-8-13)12(2)18(6)15(20)14(19)16(3)4;2*1-2/h4-6,8,20H,3,7H2,1-2H3,(H,17,21);11-13H,7-10H2,1-6H3;2*1-2H3. The number of nitrogens with one attached hydrogen (secondary N) is 1. The fraction of sp³-hybridized carbons (Fsp3) is 0.618. The van der Waals surface area contributed by atoms with Gasteiger partial charge in [-0.1, -0.05) is 46.8 Å². The van der Waals surface area contributed by atoms with Gasteiger partial charge in [0, 0.05) is 53.4 Å². The van der Waals surface area contributed by atoms with Crippen molar-refractivity contribution >= 4 is 17.7 Å². The molecular formula is C34H57FN6O5. The summed E-state index contributed by atoms with van der Waals surface area (Å²) in [6.45, 7) is 18.1. The first-order valence-corrected chi connectivity index (χ1v) is 16.2. The number of benzene rings is 1. The molecule has 12 heteroatoms. The molecule has 3 amide bonds. The molecular weight excluding hydrogens is 591 g/mol. The Bertz CT molecular complexity index is 1310. The van der Waals surface area contributed by atoms with Crippen LogP contribution in [0.4, 0.5) is 4.39 Å². The average Bonchev–Trinajstić information content (AvgIpc) is 3.87. The molecule has 0 saturated heterocycles. The maximum Gasteiger partial charge on any atom is 0.312 e. The van der Waals surface area contributed by atoms with E-state index >= 15 is 0 Å². The van der Waals surface area contributed by atoms with Crippen molar-refractivity contribution in [3.8, 4) is 5.75 Å². The van der Waals surface area contributed by atoms with E-state index in [1.807, 2.05) is 34.6 Å². The van der Waals surface area contributed by atoms with Gasteiger partial charge in [0.25, 0.3) is 11.5 Å². The van der Waals surface area contributed by atoms with Gasteiger partial charge in [0.2, 0.25) is 5.75 Å². The number of rotatable bonds is 10. The summed E-state index contributed by atoms with van der Waals surface area (Å²) in [7, 11) is 7.05. The monoisotopic (exact) mass is 648 g/mol. The van der Waals surface area contributed by atoms with Crippen LogP contribution in [0, 0.1) is 24.6 Å². The van der Waals surface area contributed by atoms with Gasteiger partial charge in [-0.05, 0) is 69.7 Å². The summed E-state index contributed by atoms with van der Waals surface area (Å²) in [5.41, 5.74) is 0.181. The van der Waals surface area contributed by atoms with Gasteiger partial charge >= 0.3 is 11.8 Å². The number of hydrogen-bond donors (Lipinski definition) is 2. The number of halogens is 1. The Labute approximate surface area is 274 Å². The first-order valence-electron chi connectivity index (χ1n) is 16.2. The van der Waals surface area contributed by atoms with Crippen molar-refractivity contribution in [3.05, 3.63) is 57.5 Å². The summed E-state index contributed by atoms with van der Waals surface area (Å²) in [4.78, 5) is 56.5. The van der Waals surface area contributed by atoms with Gasteiger partial charge in [-0.3, -0.25) is 23.7 Å². The lowest BCUT2D eigenvalue weighted by Gasteiger charge is -2.32. The van der Waals surface area contributed by atoms with Crippen molar-refractivity contribution in [1.29, 1.82) is 0 Å². The fourth-order valence-electron chi connectivity index (χ4n) is 4.32. The molecule has 2 atom stereocenters. The second kappa shape index (κ2) is 21.1. The smallest absolute Gasteiger partial charge is 0.312 e. The quantitative estimate of drug-likeness (QED) is 0.368. The molecule has 0 radical (unpaired) electrons. The zero-order valence-corrected chi connectivity index (χ0v) is 30.0. The Hall–Kier alpha value is -3.80. The largest absolute Gasteiger partial charge is 0.501 e. The third kappa shape index (κ3) is 13.3. The molecule has 2 aromatic rings. The third-order valence-electron chi connectivity index (χ3n) is 7.46. The zero-order valence-electron chi connectivity index (χ0n) is 30.0. The van der Waals surface area contributed by atoms with Crippen LogP contribution in [0.2, 0.25) is 0 Å². The topological polar surface area (TPSA) is 128 Å². The highest BCUT2D eigenvalue weighted by molar-refractivity contribution is 6.34. The minimum atomic E-state index is -0.683. The summed E-state index contributed by atoms with van der Waals surface area (Å²) < 4.78 is 14.4. The van der Waals surface area contributed by atoms with Crippen molar-refractivity contribution in [1.82, 2.24) is 29.6 Å². The second-order valence-electron chi connectivity index (χ2n) is 11.3. The number of hydrogen-bond acceptors (Lipinski definition) is 7. The van der Waals surface area contributed by atoms with Crippen molar-refractivity contribution in [2.75, 3.05) is 41.3 Å². The van der Waals surface area contributed by atoms with E-state index < -0.39 is 29.0 Å². The number of carbonyl (C=O) groups is 3. The zero-order chi connectivity index (χ0) is 35.7. The van der Waals surface area contributed by atoms with Crippen LogP contribution in [0.25, 0.3) is 0 Å². The molecule has 0 bridgehead atoms. The maximum atomic E-state index is 13.2. The van der Waals surface area contributed by atoms with Crippen molar-refractivity contribution in [3.63, 3.8) is 0 Å². The Morgan fingerprint density at radius 1 is 1.07 bits per heavy atom. The van der Waals surface area contributed by atoms with Gasteiger partial charge in [0.1, 0.15) is 5.82 Å². The maximum absolute atomic E-state index is 13.2. The average molecular weight is 649 g/mol. The number of aromatic nitrogens is 2. The molecule has 1 aliphatic rings. The predicted molar refractivity (Wildman–Crippen MR) is 181 cm³/mol. The minimum Gasteiger partial charge on any atom is -0.501 e. The van der Waals surface area contributed by atoms with E-state index in [0.717, 1.165) is 19.0 Å². The van der Waals surface area contributed by atoms with Crippen molar-refractivity contribution < 1.29 is 23.9 Å². The lowest BCUT2D eigenvalue weighted by molar-refractivity contribution is -0.151. The Morgan fingerprint density at radius 3 is 2.15 bits per heavy atom. The van der Waals surface area contributed by atoms with E-state index in [1.165, 1.54) is 34.7 Å². The Kier molecular flexibility index (Phi) is 19.3.